The van der Waals surface area contributed by atoms with Gasteiger partial charge >= 0.3 is 0 Å². The predicted octanol–water partition coefficient (Wildman–Crippen LogP) is 3.41. The number of carbonyl (C=O) groups excluding carboxylic acids is 1. The van der Waals surface area contributed by atoms with Gasteiger partial charge in [-0.15, -0.1) is 0 Å². The number of hydrogen-bond donors (Lipinski definition) is 2. The fraction of sp³-hybridized carbons (Fsp3) is 0.417. The summed E-state index contributed by atoms with van der Waals surface area (Å²) in [5.41, 5.74) is 6.21. The van der Waals surface area contributed by atoms with E-state index in [9.17, 15) is 4.79 Å². The number of halogens is 2. The molecule has 1 aromatic carbocycles. The molecule has 0 saturated heterocycles. The zero-order valence-electron chi connectivity index (χ0n) is 10.1. The van der Waals surface area contributed by atoms with Crippen LogP contribution < -0.4 is 11.1 Å². The Morgan fingerprint density at radius 3 is 2.59 bits per heavy atom. The summed E-state index contributed by atoms with van der Waals surface area (Å²) >= 11 is 9.26. The van der Waals surface area contributed by atoms with Crippen LogP contribution in [0.3, 0.4) is 0 Å². The van der Waals surface area contributed by atoms with E-state index in [0.717, 1.165) is 0 Å². The molecule has 3 N–H and O–H groups in total. The number of nitrogens with one attached hydrogen (secondary N) is 1. The van der Waals surface area contributed by atoms with Crippen molar-refractivity contribution in [2.75, 3.05) is 5.32 Å². The number of amides is 1. The number of carbonyl (C=O) groups is 1. The molecule has 0 aliphatic heterocycles. The molecule has 0 heterocycles. The standard InChI is InChI=1S/C12H16BrClN2O/c1-12(2,3)10(15)11(17)16-8-6-4-5-7(14)9(8)13/h4-6,10H,15H2,1-3H3,(H,16,17)/t10-/m0/s1. The number of anilines is 1. The summed E-state index contributed by atoms with van der Waals surface area (Å²) in [7, 11) is 0. The molecule has 3 nitrogen and oxygen atoms in total. The highest BCUT2D eigenvalue weighted by molar-refractivity contribution is 9.10. The third-order valence-corrected chi connectivity index (χ3v) is 3.82. The molecule has 1 atom stereocenters. The van der Waals surface area contributed by atoms with Crippen molar-refractivity contribution in [3.63, 3.8) is 0 Å². The van der Waals surface area contributed by atoms with E-state index < -0.39 is 6.04 Å². The molecule has 0 spiro atoms. The monoisotopic (exact) mass is 318 g/mol. The lowest BCUT2D eigenvalue weighted by Gasteiger charge is -2.26. The number of nitrogens with two attached hydrogens (primary N) is 1. The molecule has 0 aliphatic carbocycles. The number of hydrogen-bond acceptors (Lipinski definition) is 2. The predicted molar refractivity (Wildman–Crippen MR) is 75.2 cm³/mol. The van der Waals surface area contributed by atoms with E-state index in [4.69, 9.17) is 17.3 Å². The van der Waals surface area contributed by atoms with Crippen LogP contribution in [-0.2, 0) is 4.79 Å². The Morgan fingerprint density at radius 2 is 2.06 bits per heavy atom. The van der Waals surface area contributed by atoms with Crippen LogP contribution in [0.15, 0.2) is 22.7 Å². The Kier molecular flexibility index (Phi) is 4.58. The van der Waals surface area contributed by atoms with Gasteiger partial charge in [-0.2, -0.15) is 0 Å². The van der Waals surface area contributed by atoms with Crippen molar-refractivity contribution in [2.45, 2.75) is 26.8 Å². The van der Waals surface area contributed by atoms with E-state index in [-0.39, 0.29) is 11.3 Å². The summed E-state index contributed by atoms with van der Waals surface area (Å²) < 4.78 is 0.663. The van der Waals surface area contributed by atoms with Crippen LogP contribution in [0.5, 0.6) is 0 Å². The lowest BCUT2D eigenvalue weighted by Crippen LogP contribution is -2.45. The zero-order valence-corrected chi connectivity index (χ0v) is 12.4. The smallest absolute Gasteiger partial charge is 0.241 e. The van der Waals surface area contributed by atoms with Crippen LogP contribution >= 0.6 is 27.5 Å². The highest BCUT2D eigenvalue weighted by atomic mass is 79.9. The van der Waals surface area contributed by atoms with Crippen molar-refractivity contribution in [3.05, 3.63) is 27.7 Å². The average molecular weight is 320 g/mol. The normalized spacial score (nSPS) is 13.3. The number of rotatable bonds is 2. The van der Waals surface area contributed by atoms with Crippen LogP contribution in [0.25, 0.3) is 0 Å². The minimum atomic E-state index is -0.576. The lowest BCUT2D eigenvalue weighted by molar-refractivity contribution is -0.119. The molecule has 0 bridgehead atoms. The maximum atomic E-state index is 11.9. The van der Waals surface area contributed by atoms with Crippen LogP contribution in [0.1, 0.15) is 20.8 Å². The SMILES string of the molecule is CC(C)(C)[C@@H](N)C(=O)Nc1cccc(Cl)c1Br. The summed E-state index contributed by atoms with van der Waals surface area (Å²) in [6, 6.07) is 4.70. The second kappa shape index (κ2) is 5.38. The quantitative estimate of drug-likeness (QED) is 0.877. The van der Waals surface area contributed by atoms with Crippen LogP contribution in [0, 0.1) is 5.41 Å². The molecule has 0 saturated carbocycles. The molecular formula is C12H16BrClN2O. The highest BCUT2D eigenvalue weighted by Crippen LogP contribution is 2.30. The van der Waals surface area contributed by atoms with Gasteiger partial charge in [0, 0.05) is 0 Å². The van der Waals surface area contributed by atoms with Crippen molar-refractivity contribution in [2.24, 2.45) is 11.1 Å². The van der Waals surface area contributed by atoms with Crippen LogP contribution in [0.2, 0.25) is 5.02 Å². The molecule has 5 heteroatoms. The van der Waals surface area contributed by atoms with Crippen molar-refractivity contribution < 1.29 is 4.79 Å². The summed E-state index contributed by atoms with van der Waals surface area (Å²) in [6.07, 6.45) is 0. The summed E-state index contributed by atoms with van der Waals surface area (Å²) in [4.78, 5) is 11.9. The zero-order chi connectivity index (χ0) is 13.2. The van der Waals surface area contributed by atoms with E-state index >= 15 is 0 Å². The molecule has 17 heavy (non-hydrogen) atoms. The van der Waals surface area contributed by atoms with Gasteiger partial charge in [0.2, 0.25) is 5.91 Å². The number of benzene rings is 1. The van der Waals surface area contributed by atoms with Gasteiger partial charge in [0.15, 0.2) is 0 Å². The first-order valence-electron chi connectivity index (χ1n) is 5.24. The molecule has 0 fully saturated rings. The van der Waals surface area contributed by atoms with E-state index in [2.05, 4.69) is 21.2 Å². The average Bonchev–Trinajstić information content (AvgIpc) is 2.22. The summed E-state index contributed by atoms with van der Waals surface area (Å²) in [5, 5.41) is 3.31. The molecule has 0 aromatic heterocycles. The fourth-order valence-corrected chi connectivity index (χ4v) is 1.74. The second-order valence-electron chi connectivity index (χ2n) is 4.93. The second-order valence-corrected chi connectivity index (χ2v) is 6.13. The van der Waals surface area contributed by atoms with Gasteiger partial charge in [-0.3, -0.25) is 4.79 Å². The van der Waals surface area contributed by atoms with Gasteiger partial charge in [-0.05, 0) is 33.5 Å². The Bertz CT molecular complexity index is 429. The minimum absolute atomic E-state index is 0.222. The molecule has 1 aromatic rings. The van der Waals surface area contributed by atoms with E-state index in [1.54, 1.807) is 18.2 Å². The van der Waals surface area contributed by atoms with E-state index in [0.29, 0.717) is 15.2 Å². The molecular weight excluding hydrogens is 304 g/mol. The molecule has 1 rings (SSSR count). The van der Waals surface area contributed by atoms with Crippen molar-refractivity contribution in [1.82, 2.24) is 0 Å². The van der Waals surface area contributed by atoms with E-state index in [1.807, 2.05) is 20.8 Å². The Labute approximate surface area is 115 Å². The first-order valence-corrected chi connectivity index (χ1v) is 6.41. The van der Waals surface area contributed by atoms with Gasteiger partial charge in [-0.1, -0.05) is 38.4 Å². The van der Waals surface area contributed by atoms with Gasteiger partial charge in [0.1, 0.15) is 0 Å². The molecule has 0 aliphatic rings. The first kappa shape index (κ1) is 14.5. The van der Waals surface area contributed by atoms with Gasteiger partial charge in [0.25, 0.3) is 0 Å². The molecule has 0 unspecified atom stereocenters. The summed E-state index contributed by atoms with van der Waals surface area (Å²) in [5.74, 6) is -0.222. The van der Waals surface area contributed by atoms with Crippen molar-refractivity contribution >= 4 is 39.1 Å². The Balaban J connectivity index is 2.86. The molecule has 94 valence electrons. The third-order valence-electron chi connectivity index (χ3n) is 2.42. The van der Waals surface area contributed by atoms with Crippen LogP contribution in [-0.4, -0.2) is 11.9 Å². The first-order chi connectivity index (χ1) is 7.73. The summed E-state index contributed by atoms with van der Waals surface area (Å²) in [6.45, 7) is 5.76. The van der Waals surface area contributed by atoms with E-state index in [1.165, 1.54) is 0 Å². The highest BCUT2D eigenvalue weighted by Gasteiger charge is 2.27. The van der Waals surface area contributed by atoms with Gasteiger partial charge in [-0.25, -0.2) is 0 Å². The topological polar surface area (TPSA) is 55.1 Å². The van der Waals surface area contributed by atoms with Gasteiger partial charge < -0.3 is 11.1 Å². The van der Waals surface area contributed by atoms with Crippen molar-refractivity contribution in [3.8, 4) is 0 Å². The Hall–Kier alpha value is -0.580. The molecule has 0 radical (unpaired) electrons. The molecule has 1 amide bonds. The maximum absolute atomic E-state index is 11.9. The van der Waals surface area contributed by atoms with Crippen LogP contribution in [0.4, 0.5) is 5.69 Å². The minimum Gasteiger partial charge on any atom is -0.324 e. The fourth-order valence-electron chi connectivity index (χ4n) is 1.20. The van der Waals surface area contributed by atoms with Crippen molar-refractivity contribution in [1.29, 1.82) is 0 Å². The third kappa shape index (κ3) is 3.69. The largest absolute Gasteiger partial charge is 0.324 e. The lowest BCUT2D eigenvalue weighted by atomic mass is 9.87. The maximum Gasteiger partial charge on any atom is 0.241 e. The van der Waals surface area contributed by atoms with Gasteiger partial charge in [0.05, 0.1) is 21.2 Å². The Morgan fingerprint density at radius 1 is 1.47 bits per heavy atom.